The standard InChI is InChI=1S/C18H23F3N4O3S/c1-12-10-13(2)25(23-12)9-5-8-22-17(26)14(3)24-29(27,28)16-7-4-6-15(11-16)18(19,20)21/h4,6-7,10-11,14,24H,5,8-9H2,1-3H3,(H,22,26). The highest BCUT2D eigenvalue weighted by Gasteiger charge is 2.32. The number of hydrogen-bond acceptors (Lipinski definition) is 4. The van der Waals surface area contributed by atoms with Crippen molar-refractivity contribution in [3.8, 4) is 0 Å². The summed E-state index contributed by atoms with van der Waals surface area (Å²) in [7, 11) is -4.29. The molecule has 0 spiro atoms. The summed E-state index contributed by atoms with van der Waals surface area (Å²) in [4.78, 5) is 11.6. The molecular weight excluding hydrogens is 409 g/mol. The summed E-state index contributed by atoms with van der Waals surface area (Å²) in [6.07, 6.45) is -4.08. The fourth-order valence-electron chi connectivity index (χ4n) is 2.69. The molecule has 0 fully saturated rings. The fourth-order valence-corrected chi connectivity index (χ4v) is 3.94. The van der Waals surface area contributed by atoms with E-state index in [1.54, 1.807) is 4.68 Å². The van der Waals surface area contributed by atoms with E-state index in [4.69, 9.17) is 0 Å². The monoisotopic (exact) mass is 432 g/mol. The van der Waals surface area contributed by atoms with Crippen molar-refractivity contribution < 1.29 is 26.4 Å². The second kappa shape index (κ2) is 8.95. The van der Waals surface area contributed by atoms with E-state index in [2.05, 4.69) is 15.1 Å². The zero-order chi connectivity index (χ0) is 21.8. The summed E-state index contributed by atoms with van der Waals surface area (Å²) >= 11 is 0. The van der Waals surface area contributed by atoms with Gasteiger partial charge >= 0.3 is 6.18 Å². The average Bonchev–Trinajstić information content (AvgIpc) is 2.94. The van der Waals surface area contributed by atoms with Gasteiger partial charge < -0.3 is 5.32 Å². The summed E-state index contributed by atoms with van der Waals surface area (Å²) in [5.41, 5.74) is 0.807. The maximum Gasteiger partial charge on any atom is 0.416 e. The Bertz CT molecular complexity index is 971. The number of hydrogen-bond donors (Lipinski definition) is 2. The molecule has 2 aromatic rings. The van der Waals surface area contributed by atoms with E-state index in [9.17, 15) is 26.4 Å². The SMILES string of the molecule is Cc1cc(C)n(CCCNC(=O)C(C)NS(=O)(=O)c2cccc(C(F)(F)F)c2)n1. The molecule has 0 saturated heterocycles. The predicted molar refractivity (Wildman–Crippen MR) is 101 cm³/mol. The lowest BCUT2D eigenvalue weighted by atomic mass is 10.2. The number of rotatable bonds is 8. The first kappa shape index (κ1) is 22.9. The largest absolute Gasteiger partial charge is 0.416 e. The molecular formula is C18H23F3N4O3S. The van der Waals surface area contributed by atoms with Crippen LogP contribution in [0.4, 0.5) is 13.2 Å². The van der Waals surface area contributed by atoms with E-state index in [1.165, 1.54) is 6.92 Å². The van der Waals surface area contributed by atoms with Crippen LogP contribution in [0, 0.1) is 13.8 Å². The van der Waals surface area contributed by atoms with Crippen molar-refractivity contribution in [3.05, 3.63) is 47.3 Å². The molecule has 160 valence electrons. The average molecular weight is 432 g/mol. The van der Waals surface area contributed by atoms with Crippen LogP contribution in [-0.2, 0) is 27.5 Å². The molecule has 0 saturated carbocycles. The molecule has 1 heterocycles. The third-order valence-corrected chi connectivity index (χ3v) is 5.68. The third-order valence-electron chi connectivity index (χ3n) is 4.15. The van der Waals surface area contributed by atoms with Crippen LogP contribution in [0.15, 0.2) is 35.2 Å². The Hall–Kier alpha value is -2.40. The smallest absolute Gasteiger partial charge is 0.355 e. The van der Waals surface area contributed by atoms with Gasteiger partial charge in [-0.15, -0.1) is 0 Å². The maximum absolute atomic E-state index is 12.8. The number of amides is 1. The van der Waals surface area contributed by atoms with Gasteiger partial charge in [0.2, 0.25) is 15.9 Å². The third kappa shape index (κ3) is 6.29. The Kier molecular flexibility index (Phi) is 7.06. The lowest BCUT2D eigenvalue weighted by Crippen LogP contribution is -2.45. The van der Waals surface area contributed by atoms with Gasteiger partial charge in [-0.3, -0.25) is 9.48 Å². The van der Waals surface area contributed by atoms with E-state index in [1.807, 2.05) is 19.9 Å². The molecule has 29 heavy (non-hydrogen) atoms. The Morgan fingerprint density at radius 3 is 2.52 bits per heavy atom. The molecule has 7 nitrogen and oxygen atoms in total. The fraction of sp³-hybridized carbons (Fsp3) is 0.444. The Morgan fingerprint density at radius 1 is 1.24 bits per heavy atom. The van der Waals surface area contributed by atoms with Gasteiger partial charge in [-0.1, -0.05) is 6.07 Å². The summed E-state index contributed by atoms with van der Waals surface area (Å²) in [5.74, 6) is -0.575. The molecule has 0 aliphatic rings. The Labute approximate surface area is 167 Å². The van der Waals surface area contributed by atoms with Crippen LogP contribution in [0.2, 0.25) is 0 Å². The van der Waals surface area contributed by atoms with Crippen molar-refractivity contribution in [1.82, 2.24) is 19.8 Å². The lowest BCUT2D eigenvalue weighted by molar-refractivity contribution is -0.137. The quantitative estimate of drug-likeness (QED) is 0.627. The zero-order valence-electron chi connectivity index (χ0n) is 16.2. The highest BCUT2D eigenvalue weighted by Crippen LogP contribution is 2.30. The molecule has 0 aliphatic heterocycles. The number of sulfonamides is 1. The topological polar surface area (TPSA) is 93.1 Å². The minimum atomic E-state index is -4.67. The molecule has 1 unspecified atom stereocenters. The first-order valence-corrected chi connectivity index (χ1v) is 10.4. The number of nitrogens with zero attached hydrogens (tertiary/aromatic N) is 2. The van der Waals surface area contributed by atoms with E-state index in [0.29, 0.717) is 25.6 Å². The minimum absolute atomic E-state index is 0.298. The highest BCUT2D eigenvalue weighted by atomic mass is 32.2. The number of nitrogens with one attached hydrogen (secondary N) is 2. The molecule has 2 rings (SSSR count). The molecule has 2 N–H and O–H groups in total. The number of carbonyl (C=O) groups excluding carboxylic acids is 1. The van der Waals surface area contributed by atoms with Crippen molar-refractivity contribution in [2.75, 3.05) is 6.54 Å². The molecule has 11 heteroatoms. The van der Waals surface area contributed by atoms with Gasteiger partial charge in [-0.2, -0.15) is 23.0 Å². The number of carbonyl (C=O) groups is 1. The lowest BCUT2D eigenvalue weighted by Gasteiger charge is -2.15. The van der Waals surface area contributed by atoms with Crippen LogP contribution in [0.5, 0.6) is 0 Å². The number of alkyl halides is 3. The molecule has 1 aromatic heterocycles. The first-order valence-electron chi connectivity index (χ1n) is 8.88. The number of aromatic nitrogens is 2. The van der Waals surface area contributed by atoms with Crippen molar-refractivity contribution >= 4 is 15.9 Å². The zero-order valence-corrected chi connectivity index (χ0v) is 17.1. The van der Waals surface area contributed by atoms with Crippen LogP contribution < -0.4 is 10.0 Å². The second-order valence-corrected chi connectivity index (χ2v) is 8.38. The van der Waals surface area contributed by atoms with Gasteiger partial charge in [0.25, 0.3) is 0 Å². The summed E-state index contributed by atoms with van der Waals surface area (Å²) < 4.78 is 66.9. The predicted octanol–water partition coefficient (Wildman–Crippen LogP) is 2.39. The van der Waals surface area contributed by atoms with E-state index >= 15 is 0 Å². The van der Waals surface area contributed by atoms with Gasteiger partial charge in [0.15, 0.2) is 0 Å². The minimum Gasteiger partial charge on any atom is -0.355 e. The molecule has 1 aromatic carbocycles. The first-order chi connectivity index (χ1) is 13.4. The van der Waals surface area contributed by atoms with E-state index < -0.39 is 38.6 Å². The van der Waals surface area contributed by atoms with Crippen LogP contribution in [0.3, 0.4) is 0 Å². The van der Waals surface area contributed by atoms with Gasteiger partial charge in [0.05, 0.1) is 22.2 Å². The van der Waals surface area contributed by atoms with Crippen LogP contribution >= 0.6 is 0 Å². The normalized spacial score (nSPS) is 13.3. The summed E-state index contributed by atoms with van der Waals surface area (Å²) in [5, 5.41) is 6.90. The molecule has 0 aliphatic carbocycles. The second-order valence-electron chi connectivity index (χ2n) is 6.66. The van der Waals surface area contributed by atoms with E-state index in [0.717, 1.165) is 29.6 Å². The van der Waals surface area contributed by atoms with E-state index in [-0.39, 0.29) is 0 Å². The van der Waals surface area contributed by atoms with Crippen molar-refractivity contribution in [1.29, 1.82) is 0 Å². The molecule has 1 amide bonds. The van der Waals surface area contributed by atoms with Crippen molar-refractivity contribution in [2.45, 2.75) is 50.9 Å². The van der Waals surface area contributed by atoms with Crippen LogP contribution in [0.25, 0.3) is 0 Å². The summed E-state index contributed by atoms with van der Waals surface area (Å²) in [6, 6.07) is 4.13. The van der Waals surface area contributed by atoms with Gasteiger partial charge in [0.1, 0.15) is 0 Å². The molecule has 0 bridgehead atoms. The van der Waals surface area contributed by atoms with Gasteiger partial charge in [0, 0.05) is 18.8 Å². The highest BCUT2D eigenvalue weighted by molar-refractivity contribution is 7.89. The van der Waals surface area contributed by atoms with Crippen LogP contribution in [-0.4, -0.2) is 36.7 Å². The molecule has 1 atom stereocenters. The van der Waals surface area contributed by atoms with Gasteiger partial charge in [-0.25, -0.2) is 8.42 Å². The number of aryl methyl sites for hydroxylation is 3. The summed E-state index contributed by atoms with van der Waals surface area (Å²) in [6.45, 7) is 6.01. The van der Waals surface area contributed by atoms with Crippen molar-refractivity contribution in [2.24, 2.45) is 0 Å². The number of halogens is 3. The molecule has 0 radical (unpaired) electrons. The van der Waals surface area contributed by atoms with Gasteiger partial charge in [-0.05, 0) is 51.5 Å². The van der Waals surface area contributed by atoms with Crippen LogP contribution in [0.1, 0.15) is 30.3 Å². The maximum atomic E-state index is 12.8. The number of benzene rings is 1. The Morgan fingerprint density at radius 2 is 1.93 bits per heavy atom. The van der Waals surface area contributed by atoms with Crippen molar-refractivity contribution in [3.63, 3.8) is 0 Å². The Balaban J connectivity index is 1.90.